The summed E-state index contributed by atoms with van der Waals surface area (Å²) in [7, 11) is 0. The fourth-order valence-corrected chi connectivity index (χ4v) is 3.78. The number of hydrogen-bond donors (Lipinski definition) is 1. The molecular weight excluding hydrogens is 366 g/mol. The van der Waals surface area contributed by atoms with Gasteiger partial charge < -0.3 is 10.2 Å². The van der Waals surface area contributed by atoms with E-state index in [1.807, 2.05) is 0 Å². The second kappa shape index (κ2) is 8.23. The molecule has 2 aromatic rings. The monoisotopic (exact) mass is 395 g/mol. The topological polar surface area (TPSA) is 75.5 Å². The lowest BCUT2D eigenvalue weighted by molar-refractivity contribution is -0.385. The van der Waals surface area contributed by atoms with Gasteiger partial charge in [0.1, 0.15) is 0 Å². The minimum absolute atomic E-state index is 0.0221. The number of nitrogens with one attached hydrogen (secondary N) is 1. The smallest absolute Gasteiger partial charge is 0.273 e. The third kappa shape index (κ3) is 4.75. The number of nitrogens with zero attached hydrogens (tertiary/aromatic N) is 2. The van der Waals surface area contributed by atoms with Gasteiger partial charge in [-0.05, 0) is 48.9 Å². The highest BCUT2D eigenvalue weighted by Gasteiger charge is 2.24. The van der Waals surface area contributed by atoms with Crippen LogP contribution in [0.1, 0.15) is 55.1 Å². The van der Waals surface area contributed by atoms with Crippen LogP contribution in [0.25, 0.3) is 0 Å². The maximum absolute atomic E-state index is 12.6. The van der Waals surface area contributed by atoms with Crippen LogP contribution in [0.3, 0.4) is 0 Å². The Kier molecular flexibility index (Phi) is 5.91. The number of rotatable bonds is 4. The molecule has 0 radical (unpaired) electrons. The molecule has 29 heavy (non-hydrogen) atoms. The molecule has 1 aliphatic rings. The molecule has 154 valence electrons. The van der Waals surface area contributed by atoms with E-state index in [0.29, 0.717) is 11.1 Å². The Balaban J connectivity index is 1.59. The number of benzene rings is 2. The lowest BCUT2D eigenvalue weighted by atomic mass is 9.87. The van der Waals surface area contributed by atoms with Crippen LogP contribution in [0.4, 0.5) is 11.4 Å². The van der Waals surface area contributed by atoms with Gasteiger partial charge in [0.15, 0.2) is 0 Å². The quantitative estimate of drug-likeness (QED) is 0.606. The molecule has 3 rings (SSSR count). The molecule has 1 saturated heterocycles. The van der Waals surface area contributed by atoms with Crippen LogP contribution in [0.2, 0.25) is 0 Å². The maximum atomic E-state index is 12.6. The van der Waals surface area contributed by atoms with Gasteiger partial charge >= 0.3 is 0 Å². The summed E-state index contributed by atoms with van der Waals surface area (Å²) < 4.78 is 0. The average molecular weight is 396 g/mol. The molecule has 1 aliphatic heterocycles. The molecule has 6 heteroatoms. The van der Waals surface area contributed by atoms with E-state index in [4.69, 9.17) is 0 Å². The van der Waals surface area contributed by atoms with Crippen LogP contribution < -0.4 is 10.2 Å². The van der Waals surface area contributed by atoms with Crippen LogP contribution in [0, 0.1) is 17.0 Å². The Hall–Kier alpha value is -2.89. The molecule has 0 bridgehead atoms. The Labute approximate surface area is 172 Å². The summed E-state index contributed by atoms with van der Waals surface area (Å²) in [5, 5.41) is 14.2. The first-order valence-electron chi connectivity index (χ1n) is 10.1. The molecule has 1 amide bonds. The van der Waals surface area contributed by atoms with Gasteiger partial charge in [-0.15, -0.1) is 0 Å². The number of carbonyl (C=O) groups excluding carboxylic acids is 1. The largest absolute Gasteiger partial charge is 0.371 e. The molecule has 2 aromatic carbocycles. The first-order valence-corrected chi connectivity index (χ1v) is 10.1. The van der Waals surface area contributed by atoms with Crippen molar-refractivity contribution in [2.45, 2.75) is 52.0 Å². The maximum Gasteiger partial charge on any atom is 0.273 e. The highest BCUT2D eigenvalue weighted by atomic mass is 16.6. The zero-order chi connectivity index (χ0) is 21.2. The normalized spacial score (nSPS) is 15.2. The number of carbonyl (C=O) groups is 1. The Morgan fingerprint density at radius 1 is 1.10 bits per heavy atom. The molecule has 0 aliphatic carbocycles. The van der Waals surface area contributed by atoms with Crippen molar-refractivity contribution < 1.29 is 9.72 Å². The molecule has 0 aromatic heterocycles. The highest BCUT2D eigenvalue weighted by Crippen LogP contribution is 2.27. The van der Waals surface area contributed by atoms with Crippen LogP contribution in [-0.4, -0.2) is 30.0 Å². The molecule has 0 saturated carbocycles. The predicted octanol–water partition coefficient (Wildman–Crippen LogP) is 4.60. The third-order valence-electron chi connectivity index (χ3n) is 5.68. The van der Waals surface area contributed by atoms with Gasteiger partial charge in [0.05, 0.1) is 4.92 Å². The number of hydrogen-bond acceptors (Lipinski definition) is 4. The molecule has 0 spiro atoms. The van der Waals surface area contributed by atoms with E-state index in [9.17, 15) is 14.9 Å². The van der Waals surface area contributed by atoms with E-state index in [-0.39, 0.29) is 23.1 Å². The van der Waals surface area contributed by atoms with Crippen molar-refractivity contribution in [1.29, 1.82) is 0 Å². The summed E-state index contributed by atoms with van der Waals surface area (Å²) in [5.74, 6) is -0.237. The van der Waals surface area contributed by atoms with Crippen molar-refractivity contribution >= 4 is 17.3 Å². The van der Waals surface area contributed by atoms with E-state index in [2.05, 4.69) is 55.3 Å². The van der Waals surface area contributed by atoms with Gasteiger partial charge in [-0.3, -0.25) is 14.9 Å². The Bertz CT molecular complexity index is 893. The van der Waals surface area contributed by atoms with Crippen molar-refractivity contribution in [1.82, 2.24) is 5.32 Å². The first kappa shape index (κ1) is 20.8. The second-order valence-corrected chi connectivity index (χ2v) is 8.74. The van der Waals surface area contributed by atoms with Gasteiger partial charge in [0.25, 0.3) is 11.6 Å². The minimum atomic E-state index is -0.449. The molecule has 1 heterocycles. The summed E-state index contributed by atoms with van der Waals surface area (Å²) in [6.45, 7) is 9.98. The standard InChI is InChI=1S/C23H29N3O3/c1-16-20(6-5-7-21(16)26(28)29)22(27)24-18-12-14-25(15-13-18)19-10-8-17(9-11-19)23(2,3)4/h5-11,18H,12-15H2,1-4H3,(H,24,27). The fraction of sp³-hybridized carbons (Fsp3) is 0.435. The van der Waals surface area contributed by atoms with Gasteiger partial charge in [-0.1, -0.05) is 39.0 Å². The fourth-order valence-electron chi connectivity index (χ4n) is 3.78. The summed E-state index contributed by atoms with van der Waals surface area (Å²) in [4.78, 5) is 25.6. The number of nitro groups is 1. The highest BCUT2D eigenvalue weighted by molar-refractivity contribution is 5.96. The van der Waals surface area contributed by atoms with Crippen LogP contribution in [-0.2, 0) is 5.41 Å². The zero-order valence-electron chi connectivity index (χ0n) is 17.6. The molecule has 0 atom stereocenters. The van der Waals surface area contributed by atoms with Gasteiger partial charge in [0.2, 0.25) is 0 Å². The number of amides is 1. The molecule has 6 nitrogen and oxygen atoms in total. The second-order valence-electron chi connectivity index (χ2n) is 8.74. The molecule has 0 unspecified atom stereocenters. The summed E-state index contributed by atoms with van der Waals surface area (Å²) in [6.07, 6.45) is 1.70. The molecule has 1 fully saturated rings. The van der Waals surface area contributed by atoms with E-state index in [1.54, 1.807) is 19.1 Å². The van der Waals surface area contributed by atoms with Crippen molar-refractivity contribution in [3.05, 3.63) is 69.3 Å². The number of nitro benzene ring substituents is 1. The molecule has 1 N–H and O–H groups in total. The van der Waals surface area contributed by atoms with E-state index in [1.165, 1.54) is 17.3 Å². The Morgan fingerprint density at radius 3 is 2.28 bits per heavy atom. The first-order chi connectivity index (χ1) is 13.7. The minimum Gasteiger partial charge on any atom is -0.371 e. The lowest BCUT2D eigenvalue weighted by Gasteiger charge is -2.34. The lowest BCUT2D eigenvalue weighted by Crippen LogP contribution is -2.44. The molecular formula is C23H29N3O3. The van der Waals surface area contributed by atoms with E-state index < -0.39 is 4.92 Å². The number of anilines is 1. The van der Waals surface area contributed by atoms with Gasteiger partial charge in [-0.2, -0.15) is 0 Å². The van der Waals surface area contributed by atoms with Crippen molar-refractivity contribution in [3.63, 3.8) is 0 Å². The van der Waals surface area contributed by atoms with Crippen molar-refractivity contribution in [3.8, 4) is 0 Å². The van der Waals surface area contributed by atoms with E-state index >= 15 is 0 Å². The van der Waals surface area contributed by atoms with Crippen LogP contribution in [0.15, 0.2) is 42.5 Å². The summed E-state index contributed by atoms with van der Waals surface area (Å²) in [6, 6.07) is 13.4. The van der Waals surface area contributed by atoms with Crippen LogP contribution in [0.5, 0.6) is 0 Å². The van der Waals surface area contributed by atoms with Gasteiger partial charge in [0, 0.05) is 42.0 Å². The number of piperidine rings is 1. The predicted molar refractivity (Wildman–Crippen MR) is 116 cm³/mol. The average Bonchev–Trinajstić information content (AvgIpc) is 2.68. The summed E-state index contributed by atoms with van der Waals surface area (Å²) in [5.41, 5.74) is 3.42. The van der Waals surface area contributed by atoms with Crippen molar-refractivity contribution in [2.24, 2.45) is 0 Å². The van der Waals surface area contributed by atoms with Crippen LogP contribution >= 0.6 is 0 Å². The van der Waals surface area contributed by atoms with Gasteiger partial charge in [-0.25, -0.2) is 0 Å². The summed E-state index contributed by atoms with van der Waals surface area (Å²) >= 11 is 0. The zero-order valence-corrected chi connectivity index (χ0v) is 17.6. The SMILES string of the molecule is Cc1c(C(=O)NC2CCN(c3ccc(C(C)(C)C)cc3)CC2)cccc1[N+](=O)[O-]. The third-order valence-corrected chi connectivity index (χ3v) is 5.68. The Morgan fingerprint density at radius 2 is 1.72 bits per heavy atom. The van der Waals surface area contributed by atoms with E-state index in [0.717, 1.165) is 25.9 Å². The van der Waals surface area contributed by atoms with Crippen molar-refractivity contribution in [2.75, 3.05) is 18.0 Å².